The lowest BCUT2D eigenvalue weighted by Gasteiger charge is -2.18. The molecule has 2 aromatic rings. The summed E-state index contributed by atoms with van der Waals surface area (Å²) >= 11 is 5.70. The van der Waals surface area contributed by atoms with E-state index in [0.29, 0.717) is 6.42 Å². The second kappa shape index (κ2) is 7.74. The highest BCUT2D eigenvalue weighted by molar-refractivity contribution is 6.30. The average molecular weight is 376 g/mol. The molecule has 1 aliphatic rings. The molecule has 26 heavy (non-hydrogen) atoms. The van der Waals surface area contributed by atoms with E-state index < -0.39 is 11.9 Å². The Morgan fingerprint density at radius 2 is 1.96 bits per heavy atom. The Morgan fingerprint density at radius 3 is 2.58 bits per heavy atom. The van der Waals surface area contributed by atoms with Gasteiger partial charge in [-0.1, -0.05) is 11.6 Å². The molecule has 1 saturated heterocycles. The lowest BCUT2D eigenvalue weighted by molar-refractivity contribution is -0.117. The van der Waals surface area contributed by atoms with Crippen LogP contribution in [0, 0.1) is 5.82 Å². The summed E-state index contributed by atoms with van der Waals surface area (Å²) in [6, 6.07) is 10.8. The van der Waals surface area contributed by atoms with Gasteiger partial charge in [0.1, 0.15) is 11.9 Å². The molecule has 2 N–H and O–H groups in total. The quantitative estimate of drug-likeness (QED) is 0.828. The molecule has 1 atom stereocenters. The number of carbonyl (C=O) groups is 2. The maximum atomic E-state index is 13.8. The van der Waals surface area contributed by atoms with E-state index in [-0.39, 0.29) is 22.5 Å². The van der Waals surface area contributed by atoms with Crippen molar-refractivity contribution < 1.29 is 14.0 Å². The SMILES string of the molecule is CC(Nc1ccc(N2CCCC2=O)cc1)C(=O)Nc1ccc(Cl)cc1F. The van der Waals surface area contributed by atoms with E-state index in [4.69, 9.17) is 11.6 Å². The minimum atomic E-state index is -0.585. The topological polar surface area (TPSA) is 61.4 Å². The molecule has 3 rings (SSSR count). The smallest absolute Gasteiger partial charge is 0.246 e. The van der Waals surface area contributed by atoms with E-state index in [1.54, 1.807) is 11.8 Å². The van der Waals surface area contributed by atoms with Gasteiger partial charge in [-0.25, -0.2) is 4.39 Å². The standard InChI is InChI=1S/C19H19ClFN3O2/c1-12(19(26)23-17-9-4-13(20)11-16(17)21)22-14-5-7-15(8-6-14)24-10-2-3-18(24)25/h4-9,11-12,22H,2-3,10H2,1H3,(H,23,26). The number of amides is 2. The summed E-state index contributed by atoms with van der Waals surface area (Å²) in [6.45, 7) is 2.41. The number of hydrogen-bond acceptors (Lipinski definition) is 3. The van der Waals surface area contributed by atoms with Crippen LogP contribution in [0.1, 0.15) is 19.8 Å². The maximum Gasteiger partial charge on any atom is 0.246 e. The molecular formula is C19H19ClFN3O2. The van der Waals surface area contributed by atoms with E-state index in [2.05, 4.69) is 10.6 Å². The summed E-state index contributed by atoms with van der Waals surface area (Å²) in [5.41, 5.74) is 1.66. The molecule has 1 heterocycles. The van der Waals surface area contributed by atoms with Crippen molar-refractivity contribution in [2.45, 2.75) is 25.8 Å². The minimum Gasteiger partial charge on any atom is -0.374 e. The lowest BCUT2D eigenvalue weighted by atomic mass is 10.2. The van der Waals surface area contributed by atoms with Crippen LogP contribution in [0.5, 0.6) is 0 Å². The zero-order chi connectivity index (χ0) is 18.7. The fraction of sp³-hybridized carbons (Fsp3) is 0.263. The zero-order valence-electron chi connectivity index (χ0n) is 14.3. The van der Waals surface area contributed by atoms with Crippen molar-refractivity contribution >= 4 is 40.5 Å². The molecule has 2 amide bonds. The zero-order valence-corrected chi connectivity index (χ0v) is 15.0. The molecule has 0 aliphatic carbocycles. The van der Waals surface area contributed by atoms with Crippen molar-refractivity contribution in [2.24, 2.45) is 0 Å². The molecule has 0 spiro atoms. The Balaban J connectivity index is 1.61. The number of anilines is 3. The Labute approximate surface area is 156 Å². The van der Waals surface area contributed by atoms with Gasteiger partial charge in [0.05, 0.1) is 5.69 Å². The molecule has 1 fully saturated rings. The predicted octanol–water partition coefficient (Wildman–Crippen LogP) is 4.05. The third-order valence-electron chi connectivity index (χ3n) is 4.22. The first-order chi connectivity index (χ1) is 12.4. The predicted molar refractivity (Wildman–Crippen MR) is 101 cm³/mol. The Bertz CT molecular complexity index is 826. The fourth-order valence-corrected chi connectivity index (χ4v) is 2.96. The average Bonchev–Trinajstić information content (AvgIpc) is 3.04. The third-order valence-corrected chi connectivity index (χ3v) is 4.45. The van der Waals surface area contributed by atoms with Crippen molar-refractivity contribution in [1.82, 2.24) is 0 Å². The van der Waals surface area contributed by atoms with E-state index in [0.717, 1.165) is 30.4 Å². The number of hydrogen-bond donors (Lipinski definition) is 2. The number of halogens is 2. The summed E-state index contributed by atoms with van der Waals surface area (Å²) in [7, 11) is 0. The number of nitrogens with zero attached hydrogens (tertiary/aromatic N) is 1. The molecule has 7 heteroatoms. The normalized spacial score (nSPS) is 15.0. The Kier molecular flexibility index (Phi) is 5.42. The van der Waals surface area contributed by atoms with Crippen molar-refractivity contribution in [2.75, 3.05) is 22.1 Å². The van der Waals surface area contributed by atoms with Crippen LogP contribution in [-0.4, -0.2) is 24.4 Å². The molecule has 5 nitrogen and oxygen atoms in total. The van der Waals surface area contributed by atoms with Crippen molar-refractivity contribution in [3.05, 3.63) is 53.3 Å². The highest BCUT2D eigenvalue weighted by Crippen LogP contribution is 2.23. The van der Waals surface area contributed by atoms with E-state index in [9.17, 15) is 14.0 Å². The Hall–Kier alpha value is -2.60. The molecule has 0 aromatic heterocycles. The number of rotatable bonds is 5. The van der Waals surface area contributed by atoms with Crippen LogP contribution in [0.3, 0.4) is 0 Å². The maximum absolute atomic E-state index is 13.8. The molecular weight excluding hydrogens is 357 g/mol. The van der Waals surface area contributed by atoms with Gasteiger partial charge in [-0.15, -0.1) is 0 Å². The first-order valence-electron chi connectivity index (χ1n) is 8.37. The van der Waals surface area contributed by atoms with Crippen molar-refractivity contribution in [1.29, 1.82) is 0 Å². The van der Waals surface area contributed by atoms with Gasteiger partial charge in [-0.2, -0.15) is 0 Å². The van der Waals surface area contributed by atoms with Crippen LogP contribution in [0.2, 0.25) is 5.02 Å². The van der Waals surface area contributed by atoms with E-state index >= 15 is 0 Å². The molecule has 1 unspecified atom stereocenters. The Morgan fingerprint density at radius 1 is 1.23 bits per heavy atom. The van der Waals surface area contributed by atoms with Gasteiger partial charge in [0.25, 0.3) is 0 Å². The van der Waals surface area contributed by atoms with Crippen LogP contribution in [0.15, 0.2) is 42.5 Å². The van der Waals surface area contributed by atoms with Gasteiger partial charge in [0.15, 0.2) is 0 Å². The molecule has 0 saturated carbocycles. The largest absolute Gasteiger partial charge is 0.374 e. The second-order valence-corrected chi connectivity index (χ2v) is 6.61. The van der Waals surface area contributed by atoms with Gasteiger partial charge in [0, 0.05) is 29.4 Å². The molecule has 2 aromatic carbocycles. The summed E-state index contributed by atoms with van der Waals surface area (Å²) in [6.07, 6.45) is 1.45. The number of carbonyl (C=O) groups excluding carboxylic acids is 2. The summed E-state index contributed by atoms with van der Waals surface area (Å²) in [5.74, 6) is -0.828. The summed E-state index contributed by atoms with van der Waals surface area (Å²) in [5, 5.41) is 5.86. The fourth-order valence-electron chi connectivity index (χ4n) is 2.81. The second-order valence-electron chi connectivity index (χ2n) is 6.18. The molecule has 136 valence electrons. The molecule has 0 bridgehead atoms. The van der Waals surface area contributed by atoms with Crippen molar-refractivity contribution in [3.63, 3.8) is 0 Å². The number of nitrogens with one attached hydrogen (secondary N) is 2. The van der Waals surface area contributed by atoms with Crippen LogP contribution in [-0.2, 0) is 9.59 Å². The van der Waals surface area contributed by atoms with Crippen LogP contribution in [0.4, 0.5) is 21.5 Å². The van der Waals surface area contributed by atoms with Gasteiger partial charge >= 0.3 is 0 Å². The van der Waals surface area contributed by atoms with Gasteiger partial charge < -0.3 is 15.5 Å². The van der Waals surface area contributed by atoms with Gasteiger partial charge in [0.2, 0.25) is 11.8 Å². The van der Waals surface area contributed by atoms with E-state index in [1.807, 2.05) is 24.3 Å². The van der Waals surface area contributed by atoms with E-state index in [1.165, 1.54) is 12.1 Å². The van der Waals surface area contributed by atoms with Gasteiger partial charge in [-0.3, -0.25) is 9.59 Å². The highest BCUT2D eigenvalue weighted by atomic mass is 35.5. The lowest BCUT2D eigenvalue weighted by Crippen LogP contribution is -2.32. The molecule has 1 aliphatic heterocycles. The third kappa shape index (κ3) is 4.14. The van der Waals surface area contributed by atoms with Crippen LogP contribution >= 0.6 is 11.6 Å². The molecule has 0 radical (unpaired) electrons. The first-order valence-corrected chi connectivity index (χ1v) is 8.75. The van der Waals surface area contributed by atoms with Gasteiger partial charge in [-0.05, 0) is 55.8 Å². The van der Waals surface area contributed by atoms with Crippen molar-refractivity contribution in [3.8, 4) is 0 Å². The summed E-state index contributed by atoms with van der Waals surface area (Å²) < 4.78 is 13.8. The summed E-state index contributed by atoms with van der Waals surface area (Å²) in [4.78, 5) is 25.8. The van der Waals surface area contributed by atoms with Crippen LogP contribution < -0.4 is 15.5 Å². The monoisotopic (exact) mass is 375 g/mol. The first kappa shape index (κ1) is 18.2. The number of benzene rings is 2. The highest BCUT2D eigenvalue weighted by Gasteiger charge is 2.21. The minimum absolute atomic E-state index is 0.0796. The van der Waals surface area contributed by atoms with Crippen LogP contribution in [0.25, 0.3) is 0 Å².